The summed E-state index contributed by atoms with van der Waals surface area (Å²) in [5.74, 6) is 1.95. The van der Waals surface area contributed by atoms with E-state index in [9.17, 15) is 4.79 Å². The maximum atomic E-state index is 11.8. The smallest absolute Gasteiger partial charge is 0.414 e. The number of carbonyl (C=O) groups excluding carboxylic acids is 1. The molecule has 0 radical (unpaired) electrons. The molecule has 1 aliphatic rings. The molecule has 0 N–H and O–H groups in total. The van der Waals surface area contributed by atoms with E-state index in [4.69, 9.17) is 14.2 Å². The van der Waals surface area contributed by atoms with Gasteiger partial charge < -0.3 is 14.2 Å². The first-order valence-corrected chi connectivity index (χ1v) is 8.35. The Morgan fingerprint density at radius 2 is 1.80 bits per heavy atom. The lowest BCUT2D eigenvalue weighted by Crippen LogP contribution is -2.23. The number of rotatable bonds is 5. The van der Waals surface area contributed by atoms with Crippen LogP contribution in [0.25, 0.3) is 11.1 Å². The van der Waals surface area contributed by atoms with Gasteiger partial charge in [-0.25, -0.2) is 4.79 Å². The number of hydrogen-bond acceptors (Lipinski definition) is 4. The maximum absolute atomic E-state index is 11.8. The van der Waals surface area contributed by atoms with Gasteiger partial charge in [0.25, 0.3) is 0 Å². The zero-order valence-corrected chi connectivity index (χ0v) is 15.0. The fourth-order valence-electron chi connectivity index (χ4n) is 3.07. The Bertz CT molecular complexity index is 785. The van der Waals surface area contributed by atoms with Crippen LogP contribution in [0.2, 0.25) is 0 Å². The second-order valence-corrected chi connectivity index (χ2v) is 6.26. The van der Waals surface area contributed by atoms with E-state index in [-0.39, 0.29) is 6.09 Å². The Balaban J connectivity index is 2.02. The SMILES string of the molecule is COc1cc(N2CCOC2=O)ccc1-c1ccc(OC)c(C(C)C)c1. The predicted octanol–water partition coefficient (Wildman–Crippen LogP) is 4.45. The van der Waals surface area contributed by atoms with Crippen LogP contribution in [0.4, 0.5) is 10.5 Å². The molecule has 0 saturated carbocycles. The van der Waals surface area contributed by atoms with Gasteiger partial charge in [0.1, 0.15) is 18.1 Å². The average Bonchev–Trinajstić information content (AvgIpc) is 3.06. The van der Waals surface area contributed by atoms with Crippen LogP contribution < -0.4 is 14.4 Å². The summed E-state index contributed by atoms with van der Waals surface area (Å²) in [5.41, 5.74) is 3.95. The molecule has 132 valence electrons. The van der Waals surface area contributed by atoms with Gasteiger partial charge in [-0.3, -0.25) is 4.90 Å². The van der Waals surface area contributed by atoms with Gasteiger partial charge >= 0.3 is 6.09 Å². The minimum atomic E-state index is -0.318. The van der Waals surface area contributed by atoms with E-state index < -0.39 is 0 Å². The summed E-state index contributed by atoms with van der Waals surface area (Å²) < 4.78 is 16.1. The molecule has 1 heterocycles. The van der Waals surface area contributed by atoms with Crippen molar-refractivity contribution in [1.82, 2.24) is 0 Å². The van der Waals surface area contributed by atoms with Gasteiger partial charge in [0.05, 0.1) is 26.5 Å². The molecule has 1 fully saturated rings. The van der Waals surface area contributed by atoms with Gasteiger partial charge in [0, 0.05) is 11.6 Å². The first kappa shape index (κ1) is 17.1. The van der Waals surface area contributed by atoms with Crippen molar-refractivity contribution >= 4 is 11.8 Å². The van der Waals surface area contributed by atoms with E-state index in [2.05, 4.69) is 19.9 Å². The van der Waals surface area contributed by atoms with E-state index in [0.29, 0.717) is 19.1 Å². The molecule has 5 nitrogen and oxygen atoms in total. The Morgan fingerprint density at radius 1 is 1.04 bits per heavy atom. The quantitative estimate of drug-likeness (QED) is 0.806. The lowest BCUT2D eigenvalue weighted by molar-refractivity contribution is 0.181. The molecule has 25 heavy (non-hydrogen) atoms. The van der Waals surface area contributed by atoms with Crippen LogP contribution in [-0.4, -0.2) is 33.5 Å². The second kappa shape index (κ2) is 7.05. The van der Waals surface area contributed by atoms with Crippen LogP contribution in [0.1, 0.15) is 25.3 Å². The minimum Gasteiger partial charge on any atom is -0.496 e. The zero-order valence-electron chi connectivity index (χ0n) is 15.0. The molecule has 0 unspecified atom stereocenters. The van der Waals surface area contributed by atoms with Crippen LogP contribution in [0, 0.1) is 0 Å². The minimum absolute atomic E-state index is 0.318. The van der Waals surface area contributed by atoms with Crippen molar-refractivity contribution in [1.29, 1.82) is 0 Å². The van der Waals surface area contributed by atoms with E-state index in [0.717, 1.165) is 33.9 Å². The Morgan fingerprint density at radius 3 is 2.40 bits per heavy atom. The molecule has 5 heteroatoms. The molecule has 1 saturated heterocycles. The van der Waals surface area contributed by atoms with Crippen molar-refractivity contribution in [2.75, 3.05) is 32.3 Å². The van der Waals surface area contributed by atoms with Crippen LogP contribution in [0.15, 0.2) is 36.4 Å². The van der Waals surface area contributed by atoms with Crippen LogP contribution in [0.5, 0.6) is 11.5 Å². The molecular formula is C20H23NO4. The first-order chi connectivity index (χ1) is 12.0. The number of ether oxygens (including phenoxy) is 3. The summed E-state index contributed by atoms with van der Waals surface area (Å²) in [4.78, 5) is 13.4. The highest BCUT2D eigenvalue weighted by Gasteiger charge is 2.24. The van der Waals surface area contributed by atoms with Crippen molar-refractivity contribution in [2.45, 2.75) is 19.8 Å². The lowest BCUT2D eigenvalue weighted by atomic mass is 9.95. The Labute approximate surface area is 148 Å². The fraction of sp³-hybridized carbons (Fsp3) is 0.350. The third-order valence-corrected chi connectivity index (χ3v) is 4.42. The highest BCUT2D eigenvalue weighted by molar-refractivity contribution is 5.90. The molecule has 2 aromatic rings. The fourth-order valence-corrected chi connectivity index (χ4v) is 3.07. The number of nitrogens with zero attached hydrogens (tertiary/aromatic N) is 1. The molecule has 0 aliphatic carbocycles. The van der Waals surface area contributed by atoms with Gasteiger partial charge in [-0.05, 0) is 41.3 Å². The van der Waals surface area contributed by atoms with Gasteiger partial charge in [-0.2, -0.15) is 0 Å². The topological polar surface area (TPSA) is 48.0 Å². The van der Waals surface area contributed by atoms with E-state index in [1.54, 1.807) is 19.1 Å². The number of hydrogen-bond donors (Lipinski definition) is 0. The average molecular weight is 341 g/mol. The van der Waals surface area contributed by atoms with Crippen LogP contribution in [-0.2, 0) is 4.74 Å². The van der Waals surface area contributed by atoms with Crippen molar-refractivity contribution in [2.24, 2.45) is 0 Å². The summed E-state index contributed by atoms with van der Waals surface area (Å²) >= 11 is 0. The van der Waals surface area contributed by atoms with Gasteiger partial charge in [0.2, 0.25) is 0 Å². The highest BCUT2D eigenvalue weighted by atomic mass is 16.6. The van der Waals surface area contributed by atoms with E-state index in [1.165, 1.54) is 0 Å². The van der Waals surface area contributed by atoms with Gasteiger partial charge in [0.15, 0.2) is 0 Å². The molecule has 1 amide bonds. The Hall–Kier alpha value is -2.69. The number of benzene rings is 2. The van der Waals surface area contributed by atoms with Gasteiger partial charge in [-0.1, -0.05) is 19.9 Å². The number of cyclic esters (lactones) is 1. The summed E-state index contributed by atoms with van der Waals surface area (Å²) in [7, 11) is 3.32. The summed E-state index contributed by atoms with van der Waals surface area (Å²) in [6.07, 6.45) is -0.318. The molecule has 0 spiro atoms. The van der Waals surface area contributed by atoms with Crippen molar-refractivity contribution in [3.8, 4) is 22.6 Å². The standard InChI is InChI=1S/C20H23NO4/c1-13(2)17-11-14(5-8-18(17)23-3)16-7-6-15(12-19(16)24-4)21-9-10-25-20(21)22/h5-8,11-13H,9-10H2,1-4H3. The largest absolute Gasteiger partial charge is 0.496 e. The highest BCUT2D eigenvalue weighted by Crippen LogP contribution is 2.37. The number of amides is 1. The third-order valence-electron chi connectivity index (χ3n) is 4.42. The molecule has 0 aromatic heterocycles. The van der Waals surface area contributed by atoms with Gasteiger partial charge in [-0.15, -0.1) is 0 Å². The Kier molecular flexibility index (Phi) is 4.83. The monoisotopic (exact) mass is 341 g/mol. The van der Waals surface area contributed by atoms with E-state index in [1.807, 2.05) is 30.3 Å². The number of methoxy groups -OCH3 is 2. The second-order valence-electron chi connectivity index (χ2n) is 6.26. The molecular weight excluding hydrogens is 318 g/mol. The number of carbonyl (C=O) groups is 1. The summed E-state index contributed by atoms with van der Waals surface area (Å²) in [5, 5.41) is 0. The van der Waals surface area contributed by atoms with Crippen LogP contribution in [0.3, 0.4) is 0 Å². The van der Waals surface area contributed by atoms with Crippen LogP contribution >= 0.6 is 0 Å². The normalized spacial score (nSPS) is 14.0. The van der Waals surface area contributed by atoms with Crippen molar-refractivity contribution in [3.05, 3.63) is 42.0 Å². The summed E-state index contributed by atoms with van der Waals surface area (Å²) in [6.45, 7) is 5.25. The van der Waals surface area contributed by atoms with Crippen molar-refractivity contribution in [3.63, 3.8) is 0 Å². The molecule has 1 aliphatic heterocycles. The predicted molar refractivity (Wildman–Crippen MR) is 97.8 cm³/mol. The molecule has 3 rings (SSSR count). The first-order valence-electron chi connectivity index (χ1n) is 8.35. The zero-order chi connectivity index (χ0) is 18.0. The maximum Gasteiger partial charge on any atom is 0.414 e. The van der Waals surface area contributed by atoms with Crippen molar-refractivity contribution < 1.29 is 19.0 Å². The summed E-state index contributed by atoms with van der Waals surface area (Å²) in [6, 6.07) is 11.9. The molecule has 2 aromatic carbocycles. The lowest BCUT2D eigenvalue weighted by Gasteiger charge is -2.18. The molecule has 0 bridgehead atoms. The number of anilines is 1. The van der Waals surface area contributed by atoms with E-state index >= 15 is 0 Å². The third kappa shape index (κ3) is 3.27. The molecule has 0 atom stereocenters.